The van der Waals surface area contributed by atoms with E-state index in [1.165, 1.54) is 17.4 Å². The molecule has 4 atom stereocenters. The highest BCUT2D eigenvalue weighted by molar-refractivity contribution is 5.77. The van der Waals surface area contributed by atoms with E-state index < -0.39 is 0 Å². The van der Waals surface area contributed by atoms with Gasteiger partial charge in [-0.1, -0.05) is 20.8 Å². The zero-order chi connectivity index (χ0) is 24.6. The predicted molar refractivity (Wildman–Crippen MR) is 132 cm³/mol. The molecule has 3 aromatic heterocycles. The van der Waals surface area contributed by atoms with Crippen LogP contribution in [-0.4, -0.2) is 36.7 Å². The number of aromatic nitrogens is 5. The molecule has 9 heteroatoms. The maximum atomic E-state index is 13.5. The fourth-order valence-corrected chi connectivity index (χ4v) is 5.85. The Kier molecular flexibility index (Phi) is 6.08. The van der Waals surface area contributed by atoms with Crippen LogP contribution in [0.1, 0.15) is 39.2 Å². The summed E-state index contributed by atoms with van der Waals surface area (Å²) in [4.78, 5) is 38.3. The highest BCUT2D eigenvalue weighted by Gasteiger charge is 2.56. The topological polar surface area (TPSA) is 115 Å². The van der Waals surface area contributed by atoms with Crippen molar-refractivity contribution < 1.29 is 4.79 Å². The van der Waals surface area contributed by atoms with Gasteiger partial charge in [-0.05, 0) is 53.7 Å². The molecule has 3 heterocycles. The molecule has 0 saturated heterocycles. The molecule has 1 unspecified atom stereocenters. The lowest BCUT2D eigenvalue weighted by Crippen LogP contribution is -2.58. The van der Waals surface area contributed by atoms with Crippen LogP contribution >= 0.6 is 0 Å². The van der Waals surface area contributed by atoms with E-state index in [0.717, 1.165) is 12.0 Å². The molecule has 9 nitrogen and oxygen atoms in total. The van der Waals surface area contributed by atoms with Crippen molar-refractivity contribution in [3.63, 3.8) is 0 Å². The maximum Gasteiger partial charge on any atom is 0.277 e. The van der Waals surface area contributed by atoms with Gasteiger partial charge in [-0.25, -0.2) is 14.6 Å². The van der Waals surface area contributed by atoms with E-state index in [4.69, 9.17) is 0 Å². The fraction of sp³-hybridized carbons (Fsp3) is 0.462. The monoisotopic (exact) mass is 473 g/mol. The van der Waals surface area contributed by atoms with Crippen LogP contribution in [0.4, 0.5) is 5.69 Å². The molecule has 0 radical (unpaired) electrons. The first kappa shape index (κ1) is 23.1. The van der Waals surface area contributed by atoms with Crippen LogP contribution in [-0.2, 0) is 17.9 Å². The molecule has 0 aliphatic heterocycles. The molecular formula is C26H31N7O2. The van der Waals surface area contributed by atoms with Gasteiger partial charge >= 0.3 is 0 Å². The summed E-state index contributed by atoms with van der Waals surface area (Å²) in [5.41, 5.74) is 2.65. The van der Waals surface area contributed by atoms with Crippen molar-refractivity contribution in [2.75, 3.05) is 5.32 Å². The Morgan fingerprint density at radius 3 is 2.54 bits per heavy atom. The minimum atomic E-state index is -0.349. The third kappa shape index (κ3) is 4.42. The normalized spacial score (nSPS) is 24.3. The third-order valence-corrected chi connectivity index (χ3v) is 8.12. The third-order valence-electron chi connectivity index (χ3n) is 8.12. The largest absolute Gasteiger partial charge is 0.380 e. The van der Waals surface area contributed by atoms with E-state index >= 15 is 0 Å². The van der Waals surface area contributed by atoms with Crippen LogP contribution in [0.3, 0.4) is 0 Å². The lowest BCUT2D eigenvalue weighted by Gasteiger charge is -2.62. The Morgan fingerprint density at radius 2 is 1.86 bits per heavy atom. The highest BCUT2D eigenvalue weighted by Crippen LogP contribution is 2.61. The standard InChI is InChI=1S/C26H31N7O2/c1-16-20-8-19(26(20,2)3)9-21(16)32-22-13-31-33(25(35)24(22)18-11-28-15-29-12-18)14-23(34)30-10-17-4-6-27-7-5-17/h4-7,11-13,15-16,19-21,32H,8-10,14H2,1-3H3,(H,30,34)/t16-,19-,20+,21?/m1/s1. The van der Waals surface area contributed by atoms with Crippen LogP contribution in [0.15, 0.2) is 54.2 Å². The van der Waals surface area contributed by atoms with Crippen LogP contribution in [0.5, 0.6) is 0 Å². The van der Waals surface area contributed by atoms with Gasteiger partial charge < -0.3 is 10.6 Å². The molecule has 3 aromatic rings. The first-order valence-electron chi connectivity index (χ1n) is 12.1. The molecule has 3 aliphatic rings. The molecule has 182 valence electrons. The van der Waals surface area contributed by atoms with Gasteiger partial charge in [-0.15, -0.1) is 0 Å². The van der Waals surface area contributed by atoms with Crippen molar-refractivity contribution in [3.05, 3.63) is 65.4 Å². The molecule has 0 aromatic carbocycles. The summed E-state index contributed by atoms with van der Waals surface area (Å²) in [6.45, 7) is 7.21. The summed E-state index contributed by atoms with van der Waals surface area (Å²) in [5.74, 6) is 1.54. The Hall–Kier alpha value is -3.62. The first-order chi connectivity index (χ1) is 16.8. The SMILES string of the molecule is C[C@H]1C(Nc2cnn(CC(=O)NCc3ccncc3)c(=O)c2-c2cncnc2)C[C@H]2C[C@@H]1C2(C)C. The number of amides is 1. The van der Waals surface area contributed by atoms with Crippen molar-refractivity contribution in [1.29, 1.82) is 0 Å². The molecule has 3 aliphatic carbocycles. The number of anilines is 1. The van der Waals surface area contributed by atoms with Crippen molar-refractivity contribution in [3.8, 4) is 11.1 Å². The van der Waals surface area contributed by atoms with E-state index in [9.17, 15) is 9.59 Å². The molecule has 0 spiro atoms. The summed E-state index contributed by atoms with van der Waals surface area (Å²) in [6, 6.07) is 3.92. The predicted octanol–water partition coefficient (Wildman–Crippen LogP) is 2.89. The first-order valence-corrected chi connectivity index (χ1v) is 12.1. The minimum absolute atomic E-state index is 0.178. The average Bonchev–Trinajstić information content (AvgIpc) is 2.86. The molecular weight excluding hydrogens is 442 g/mol. The van der Waals surface area contributed by atoms with Gasteiger partial charge in [0.05, 0.1) is 17.4 Å². The van der Waals surface area contributed by atoms with Crippen molar-refractivity contribution in [2.45, 2.75) is 52.7 Å². The number of nitrogens with one attached hydrogen (secondary N) is 2. The molecule has 2 N–H and O–H groups in total. The molecule has 3 fully saturated rings. The zero-order valence-corrected chi connectivity index (χ0v) is 20.3. The van der Waals surface area contributed by atoms with E-state index in [0.29, 0.717) is 46.5 Å². The fourth-order valence-electron chi connectivity index (χ4n) is 5.85. The summed E-state index contributed by atoms with van der Waals surface area (Å²) >= 11 is 0. The summed E-state index contributed by atoms with van der Waals surface area (Å²) in [7, 11) is 0. The number of hydrogen-bond acceptors (Lipinski definition) is 7. The number of hydrogen-bond donors (Lipinski definition) is 2. The molecule has 1 amide bonds. The van der Waals surface area contributed by atoms with Gasteiger partial charge in [0, 0.05) is 42.9 Å². The highest BCUT2D eigenvalue weighted by atomic mass is 16.2. The Balaban J connectivity index is 1.38. The number of nitrogens with zero attached hydrogens (tertiary/aromatic N) is 5. The van der Waals surface area contributed by atoms with Gasteiger partial charge in [0.2, 0.25) is 5.91 Å². The summed E-state index contributed by atoms with van der Waals surface area (Å²) < 4.78 is 1.19. The van der Waals surface area contributed by atoms with E-state index in [1.54, 1.807) is 31.0 Å². The lowest BCUT2D eigenvalue weighted by molar-refractivity contribution is -0.122. The molecule has 2 bridgehead atoms. The van der Waals surface area contributed by atoms with Gasteiger partial charge in [0.15, 0.2) is 0 Å². The van der Waals surface area contributed by atoms with E-state index in [-0.39, 0.29) is 24.1 Å². The van der Waals surface area contributed by atoms with Crippen molar-refractivity contribution in [1.82, 2.24) is 30.0 Å². The second kappa shape index (κ2) is 9.20. The Labute approximate surface area is 204 Å². The van der Waals surface area contributed by atoms with Gasteiger partial charge in [0.1, 0.15) is 12.9 Å². The number of rotatable bonds is 7. The number of carbonyl (C=O) groups excluding carboxylic acids is 1. The van der Waals surface area contributed by atoms with Crippen LogP contribution in [0.2, 0.25) is 0 Å². The lowest BCUT2D eigenvalue weighted by atomic mass is 9.45. The quantitative estimate of drug-likeness (QED) is 0.542. The number of fused-ring (bicyclic) bond motifs is 2. The van der Waals surface area contributed by atoms with Crippen LogP contribution < -0.4 is 16.2 Å². The molecule has 6 rings (SSSR count). The smallest absolute Gasteiger partial charge is 0.277 e. The minimum Gasteiger partial charge on any atom is -0.380 e. The molecule has 3 saturated carbocycles. The van der Waals surface area contributed by atoms with E-state index in [1.807, 2.05) is 12.1 Å². The molecule has 35 heavy (non-hydrogen) atoms. The van der Waals surface area contributed by atoms with Crippen molar-refractivity contribution in [2.24, 2.45) is 23.2 Å². The Bertz CT molecular complexity index is 1260. The van der Waals surface area contributed by atoms with E-state index in [2.05, 4.69) is 51.5 Å². The maximum absolute atomic E-state index is 13.5. The average molecular weight is 474 g/mol. The van der Waals surface area contributed by atoms with Crippen LogP contribution in [0, 0.1) is 23.2 Å². The number of pyridine rings is 1. The number of carbonyl (C=O) groups is 1. The van der Waals surface area contributed by atoms with Gasteiger partial charge in [-0.3, -0.25) is 14.6 Å². The summed E-state index contributed by atoms with van der Waals surface area (Å²) in [6.07, 6.45) is 12.0. The zero-order valence-electron chi connectivity index (χ0n) is 20.3. The Morgan fingerprint density at radius 1 is 1.11 bits per heavy atom. The van der Waals surface area contributed by atoms with Gasteiger partial charge in [-0.2, -0.15) is 5.10 Å². The van der Waals surface area contributed by atoms with Crippen LogP contribution in [0.25, 0.3) is 11.1 Å². The summed E-state index contributed by atoms with van der Waals surface area (Å²) in [5, 5.41) is 10.8. The van der Waals surface area contributed by atoms with Gasteiger partial charge in [0.25, 0.3) is 5.56 Å². The second-order valence-corrected chi connectivity index (χ2v) is 10.4. The van der Waals surface area contributed by atoms with Crippen molar-refractivity contribution >= 4 is 11.6 Å². The second-order valence-electron chi connectivity index (χ2n) is 10.4.